The molecular weight excluding hydrogens is 200 g/mol. The molecule has 0 spiro atoms. The van der Waals surface area contributed by atoms with Crippen LogP contribution in [0.15, 0.2) is 12.2 Å². The molecule has 2 nitrogen and oxygen atoms in total. The molecule has 0 N–H and O–H groups in total. The molecule has 0 amide bonds. The Morgan fingerprint density at radius 2 is 1.69 bits per heavy atom. The standard InChI is InChI=1S/C14H24O2/c1-10(2)13(15)16-12-8-6-11(7-9-12)14(3,4)5/h11-12H,1,6-9H2,2-5H3. The van der Waals surface area contributed by atoms with Gasteiger partial charge in [0.2, 0.25) is 0 Å². The van der Waals surface area contributed by atoms with Gasteiger partial charge in [-0.1, -0.05) is 27.4 Å². The highest BCUT2D eigenvalue weighted by molar-refractivity contribution is 5.87. The lowest BCUT2D eigenvalue weighted by Gasteiger charge is -2.36. The molecule has 1 saturated carbocycles. The molecule has 0 aromatic rings. The number of carbonyl (C=O) groups excluding carboxylic acids is 1. The fourth-order valence-corrected chi connectivity index (χ4v) is 2.30. The Balaban J connectivity index is 2.38. The minimum atomic E-state index is -0.237. The van der Waals surface area contributed by atoms with Gasteiger partial charge in [0.25, 0.3) is 0 Å². The summed E-state index contributed by atoms with van der Waals surface area (Å²) in [6.07, 6.45) is 4.44. The van der Waals surface area contributed by atoms with Gasteiger partial charge in [-0.2, -0.15) is 0 Å². The Morgan fingerprint density at radius 1 is 1.19 bits per heavy atom. The number of hydrogen-bond donors (Lipinski definition) is 0. The van der Waals surface area contributed by atoms with Crippen LogP contribution in [0.4, 0.5) is 0 Å². The highest BCUT2D eigenvalue weighted by Crippen LogP contribution is 2.38. The van der Waals surface area contributed by atoms with E-state index in [4.69, 9.17) is 4.74 Å². The minimum Gasteiger partial charge on any atom is -0.459 e. The Morgan fingerprint density at radius 3 is 2.06 bits per heavy atom. The highest BCUT2D eigenvalue weighted by Gasteiger charge is 2.30. The van der Waals surface area contributed by atoms with E-state index in [2.05, 4.69) is 27.4 Å². The molecular formula is C14H24O2. The lowest BCUT2D eigenvalue weighted by Crippen LogP contribution is -2.30. The van der Waals surface area contributed by atoms with Gasteiger partial charge in [0.15, 0.2) is 0 Å². The summed E-state index contributed by atoms with van der Waals surface area (Å²) in [6.45, 7) is 12.2. The average molecular weight is 224 g/mol. The molecule has 0 saturated heterocycles. The zero-order chi connectivity index (χ0) is 12.3. The molecule has 92 valence electrons. The third-order valence-corrected chi connectivity index (χ3v) is 3.52. The zero-order valence-corrected chi connectivity index (χ0v) is 11.0. The van der Waals surface area contributed by atoms with Crippen LogP contribution in [0.2, 0.25) is 0 Å². The highest BCUT2D eigenvalue weighted by atomic mass is 16.5. The number of carbonyl (C=O) groups is 1. The minimum absolute atomic E-state index is 0.114. The topological polar surface area (TPSA) is 26.3 Å². The first kappa shape index (κ1) is 13.3. The SMILES string of the molecule is C=C(C)C(=O)OC1CCC(C(C)(C)C)CC1. The first-order chi connectivity index (χ1) is 7.30. The number of hydrogen-bond acceptors (Lipinski definition) is 2. The van der Waals surface area contributed by atoms with Crippen LogP contribution in [-0.4, -0.2) is 12.1 Å². The third kappa shape index (κ3) is 3.66. The maximum atomic E-state index is 11.4. The summed E-state index contributed by atoms with van der Waals surface area (Å²) in [5.41, 5.74) is 0.876. The molecule has 16 heavy (non-hydrogen) atoms. The second kappa shape index (κ2) is 5.03. The molecule has 0 aliphatic heterocycles. The van der Waals surface area contributed by atoms with E-state index >= 15 is 0 Å². The Kier molecular flexibility index (Phi) is 4.17. The van der Waals surface area contributed by atoms with Crippen molar-refractivity contribution < 1.29 is 9.53 Å². The fourth-order valence-electron chi connectivity index (χ4n) is 2.30. The summed E-state index contributed by atoms with van der Waals surface area (Å²) in [7, 11) is 0. The molecule has 0 aromatic heterocycles. The summed E-state index contributed by atoms with van der Waals surface area (Å²) in [5.74, 6) is 0.520. The molecule has 0 bridgehead atoms. The van der Waals surface area contributed by atoms with Crippen LogP contribution >= 0.6 is 0 Å². The van der Waals surface area contributed by atoms with Gasteiger partial charge in [-0.15, -0.1) is 0 Å². The van der Waals surface area contributed by atoms with Crippen molar-refractivity contribution in [3.63, 3.8) is 0 Å². The second-order valence-corrected chi connectivity index (χ2v) is 6.03. The number of ether oxygens (including phenoxy) is 1. The summed E-state index contributed by atoms with van der Waals surface area (Å²) in [5, 5.41) is 0. The van der Waals surface area contributed by atoms with Crippen LogP contribution in [0.1, 0.15) is 53.4 Å². The molecule has 0 atom stereocenters. The first-order valence-corrected chi connectivity index (χ1v) is 6.17. The molecule has 0 radical (unpaired) electrons. The van der Waals surface area contributed by atoms with E-state index in [9.17, 15) is 4.79 Å². The second-order valence-electron chi connectivity index (χ2n) is 6.03. The van der Waals surface area contributed by atoms with E-state index in [1.54, 1.807) is 6.92 Å². The largest absolute Gasteiger partial charge is 0.459 e. The quantitative estimate of drug-likeness (QED) is 0.528. The molecule has 1 fully saturated rings. The van der Waals surface area contributed by atoms with Gasteiger partial charge >= 0.3 is 5.97 Å². The summed E-state index contributed by atoms with van der Waals surface area (Å²) < 4.78 is 5.38. The molecule has 2 heteroatoms. The molecule has 0 heterocycles. The van der Waals surface area contributed by atoms with Crippen LogP contribution in [-0.2, 0) is 9.53 Å². The molecule has 1 aliphatic carbocycles. The predicted octanol–water partition coefficient (Wildman–Crippen LogP) is 3.71. The van der Waals surface area contributed by atoms with Crippen molar-refractivity contribution in [1.29, 1.82) is 0 Å². The van der Waals surface area contributed by atoms with E-state index in [1.807, 2.05) is 0 Å². The lowest BCUT2D eigenvalue weighted by atomic mass is 9.72. The molecule has 0 aromatic carbocycles. The van der Waals surface area contributed by atoms with E-state index in [1.165, 1.54) is 0 Å². The van der Waals surface area contributed by atoms with Gasteiger partial charge < -0.3 is 4.74 Å². The summed E-state index contributed by atoms with van der Waals surface area (Å²) in [4.78, 5) is 11.4. The Bertz CT molecular complexity index is 265. The molecule has 1 rings (SSSR count). The monoisotopic (exact) mass is 224 g/mol. The predicted molar refractivity (Wildman–Crippen MR) is 66.1 cm³/mol. The van der Waals surface area contributed by atoms with Crippen molar-refractivity contribution in [3.05, 3.63) is 12.2 Å². The Hall–Kier alpha value is -0.790. The maximum Gasteiger partial charge on any atom is 0.333 e. The van der Waals surface area contributed by atoms with Crippen molar-refractivity contribution in [2.45, 2.75) is 59.5 Å². The van der Waals surface area contributed by atoms with Gasteiger partial charge in [-0.3, -0.25) is 0 Å². The van der Waals surface area contributed by atoms with Gasteiger partial charge in [0, 0.05) is 5.57 Å². The average Bonchev–Trinajstić information content (AvgIpc) is 2.17. The summed E-state index contributed by atoms with van der Waals surface area (Å²) >= 11 is 0. The van der Waals surface area contributed by atoms with Crippen molar-refractivity contribution in [1.82, 2.24) is 0 Å². The lowest BCUT2D eigenvalue weighted by molar-refractivity contribution is -0.146. The van der Waals surface area contributed by atoms with Crippen LogP contribution in [0, 0.1) is 11.3 Å². The third-order valence-electron chi connectivity index (χ3n) is 3.52. The summed E-state index contributed by atoms with van der Waals surface area (Å²) in [6, 6.07) is 0. The number of esters is 1. The zero-order valence-electron chi connectivity index (χ0n) is 11.0. The molecule has 1 aliphatic rings. The van der Waals surface area contributed by atoms with Gasteiger partial charge in [-0.05, 0) is 43.9 Å². The van der Waals surface area contributed by atoms with E-state index < -0.39 is 0 Å². The van der Waals surface area contributed by atoms with Crippen molar-refractivity contribution in [3.8, 4) is 0 Å². The van der Waals surface area contributed by atoms with Crippen molar-refractivity contribution in [2.75, 3.05) is 0 Å². The van der Waals surface area contributed by atoms with Crippen molar-refractivity contribution in [2.24, 2.45) is 11.3 Å². The normalized spacial score (nSPS) is 26.2. The van der Waals surface area contributed by atoms with Gasteiger partial charge in [-0.25, -0.2) is 4.79 Å². The first-order valence-electron chi connectivity index (χ1n) is 6.17. The van der Waals surface area contributed by atoms with Crippen LogP contribution in [0.5, 0.6) is 0 Å². The molecule has 0 unspecified atom stereocenters. The van der Waals surface area contributed by atoms with Crippen LogP contribution in [0.25, 0.3) is 0 Å². The van der Waals surface area contributed by atoms with Crippen LogP contribution in [0.3, 0.4) is 0 Å². The maximum absolute atomic E-state index is 11.4. The van der Waals surface area contributed by atoms with Gasteiger partial charge in [0.1, 0.15) is 6.10 Å². The van der Waals surface area contributed by atoms with Gasteiger partial charge in [0.05, 0.1) is 0 Å². The fraction of sp³-hybridized carbons (Fsp3) is 0.786. The van der Waals surface area contributed by atoms with Crippen molar-refractivity contribution >= 4 is 5.97 Å². The van der Waals surface area contributed by atoms with E-state index in [0.717, 1.165) is 31.6 Å². The van der Waals surface area contributed by atoms with E-state index in [-0.39, 0.29) is 12.1 Å². The number of rotatable bonds is 2. The van der Waals surface area contributed by atoms with E-state index in [0.29, 0.717) is 11.0 Å². The smallest absolute Gasteiger partial charge is 0.333 e. The Labute approximate surface area is 99.1 Å². The van der Waals surface area contributed by atoms with Crippen LogP contribution < -0.4 is 0 Å².